The van der Waals surface area contributed by atoms with Gasteiger partial charge in [-0.05, 0) is 60.9 Å². The smallest absolute Gasteiger partial charge is 0.191 e. The molecule has 0 saturated carbocycles. The van der Waals surface area contributed by atoms with Crippen LogP contribution in [0.1, 0.15) is 41.8 Å². The fourth-order valence-electron chi connectivity index (χ4n) is 4.28. The first-order valence-corrected chi connectivity index (χ1v) is 11.7. The van der Waals surface area contributed by atoms with Gasteiger partial charge in [0.2, 0.25) is 0 Å². The van der Waals surface area contributed by atoms with E-state index < -0.39 is 0 Å². The molecule has 1 saturated heterocycles. The highest BCUT2D eigenvalue weighted by atomic mass is 127. The molecule has 2 aliphatic rings. The molecular formula is C23H34IN5S. The molecule has 1 atom stereocenters. The molecule has 0 spiro atoms. The van der Waals surface area contributed by atoms with Crippen LogP contribution in [0.2, 0.25) is 0 Å². The van der Waals surface area contributed by atoms with E-state index in [-0.39, 0.29) is 30.0 Å². The Morgan fingerprint density at radius 3 is 2.83 bits per heavy atom. The minimum absolute atomic E-state index is 0. The average Bonchev–Trinajstić information content (AvgIpc) is 3.44. The fourth-order valence-corrected chi connectivity index (χ4v) is 5.17. The van der Waals surface area contributed by atoms with E-state index in [4.69, 9.17) is 0 Å². The van der Waals surface area contributed by atoms with Gasteiger partial charge in [0.1, 0.15) is 0 Å². The Balaban J connectivity index is 0.00000256. The molecule has 2 aliphatic heterocycles. The largest absolute Gasteiger partial charge is 0.372 e. The number of anilines is 1. The van der Waals surface area contributed by atoms with E-state index >= 15 is 0 Å². The molecule has 0 radical (unpaired) electrons. The van der Waals surface area contributed by atoms with Gasteiger partial charge in [0.05, 0.1) is 6.04 Å². The molecule has 1 aromatic heterocycles. The Hall–Kier alpha value is -1.32. The average molecular weight is 540 g/mol. The number of rotatable bonds is 6. The van der Waals surface area contributed by atoms with Crippen molar-refractivity contribution < 1.29 is 0 Å². The predicted molar refractivity (Wildman–Crippen MR) is 140 cm³/mol. The van der Waals surface area contributed by atoms with Crippen molar-refractivity contribution in [1.82, 2.24) is 15.5 Å². The van der Waals surface area contributed by atoms with Crippen LogP contribution in [0.4, 0.5) is 5.69 Å². The first kappa shape index (κ1) is 23.3. The summed E-state index contributed by atoms with van der Waals surface area (Å²) < 4.78 is 0. The lowest BCUT2D eigenvalue weighted by Gasteiger charge is -2.27. The maximum Gasteiger partial charge on any atom is 0.191 e. The summed E-state index contributed by atoms with van der Waals surface area (Å²) in [4.78, 5) is 11.0. The lowest BCUT2D eigenvalue weighted by atomic mass is 10.1. The van der Waals surface area contributed by atoms with Crippen LogP contribution in [0.3, 0.4) is 0 Å². The number of fused-ring (bicyclic) bond motifs is 1. The summed E-state index contributed by atoms with van der Waals surface area (Å²) >= 11 is 1.90. The van der Waals surface area contributed by atoms with Crippen LogP contribution in [0.15, 0.2) is 40.7 Å². The maximum absolute atomic E-state index is 4.43. The molecule has 1 fully saturated rings. The van der Waals surface area contributed by atoms with Crippen molar-refractivity contribution in [2.24, 2.45) is 4.99 Å². The van der Waals surface area contributed by atoms with Gasteiger partial charge in [-0.3, -0.25) is 9.89 Å². The SMILES string of the molecule is CN=C(NCCN1CCc2sccc2C1)NC(C)c1cccc(N2CCCC2)c1.I. The topological polar surface area (TPSA) is 42.9 Å². The Labute approximate surface area is 202 Å². The third-order valence-electron chi connectivity index (χ3n) is 6.03. The normalized spacial score (nSPS) is 17.9. The zero-order valence-electron chi connectivity index (χ0n) is 18.1. The van der Waals surface area contributed by atoms with Gasteiger partial charge in [-0.2, -0.15) is 0 Å². The highest BCUT2D eigenvalue weighted by Gasteiger charge is 2.17. The van der Waals surface area contributed by atoms with Crippen molar-refractivity contribution >= 4 is 47.0 Å². The van der Waals surface area contributed by atoms with Gasteiger partial charge in [0.25, 0.3) is 0 Å². The molecule has 164 valence electrons. The number of aliphatic imine (C=N–C) groups is 1. The first-order chi connectivity index (χ1) is 14.2. The monoisotopic (exact) mass is 539 g/mol. The molecular weight excluding hydrogens is 505 g/mol. The summed E-state index contributed by atoms with van der Waals surface area (Å²) in [6, 6.07) is 11.4. The Morgan fingerprint density at radius 2 is 2.03 bits per heavy atom. The van der Waals surface area contributed by atoms with Gasteiger partial charge in [-0.15, -0.1) is 35.3 Å². The summed E-state index contributed by atoms with van der Waals surface area (Å²) in [5.41, 5.74) is 4.16. The number of nitrogens with one attached hydrogen (secondary N) is 2. The lowest BCUT2D eigenvalue weighted by molar-refractivity contribution is 0.260. The van der Waals surface area contributed by atoms with Crippen LogP contribution in [0.25, 0.3) is 0 Å². The highest BCUT2D eigenvalue weighted by molar-refractivity contribution is 14.0. The van der Waals surface area contributed by atoms with Crippen LogP contribution >= 0.6 is 35.3 Å². The van der Waals surface area contributed by atoms with Crippen molar-refractivity contribution in [3.63, 3.8) is 0 Å². The van der Waals surface area contributed by atoms with E-state index in [9.17, 15) is 0 Å². The Bertz CT molecular complexity index is 831. The number of halogens is 1. The summed E-state index contributed by atoms with van der Waals surface area (Å²) in [5.74, 6) is 0.873. The molecule has 1 unspecified atom stereocenters. The third kappa shape index (κ3) is 5.88. The van der Waals surface area contributed by atoms with Crippen LogP contribution in [-0.4, -0.2) is 50.6 Å². The van der Waals surface area contributed by atoms with Crippen LogP contribution in [0, 0.1) is 0 Å². The molecule has 2 aromatic rings. The van der Waals surface area contributed by atoms with Gasteiger partial charge in [0, 0.05) is 56.9 Å². The van der Waals surface area contributed by atoms with Gasteiger partial charge in [-0.1, -0.05) is 12.1 Å². The van der Waals surface area contributed by atoms with Crippen LogP contribution in [0.5, 0.6) is 0 Å². The number of guanidine groups is 1. The molecule has 30 heavy (non-hydrogen) atoms. The number of nitrogens with zero attached hydrogens (tertiary/aromatic N) is 3. The van der Waals surface area contributed by atoms with E-state index in [0.29, 0.717) is 0 Å². The van der Waals surface area contributed by atoms with Gasteiger partial charge >= 0.3 is 0 Å². The van der Waals surface area contributed by atoms with Gasteiger partial charge < -0.3 is 15.5 Å². The molecule has 5 nitrogen and oxygen atoms in total. The number of hydrogen-bond donors (Lipinski definition) is 2. The van der Waals surface area contributed by atoms with Crippen LogP contribution < -0.4 is 15.5 Å². The van der Waals surface area contributed by atoms with Crippen molar-refractivity contribution in [2.75, 3.05) is 44.7 Å². The molecule has 1 aromatic carbocycles. The second-order valence-electron chi connectivity index (χ2n) is 8.05. The Kier molecular flexibility index (Phi) is 8.83. The number of benzene rings is 1. The minimum atomic E-state index is 0. The van der Waals surface area contributed by atoms with Gasteiger partial charge in [-0.25, -0.2) is 0 Å². The second-order valence-corrected chi connectivity index (χ2v) is 9.05. The third-order valence-corrected chi connectivity index (χ3v) is 7.05. The van der Waals surface area contributed by atoms with Crippen molar-refractivity contribution in [3.8, 4) is 0 Å². The fraction of sp³-hybridized carbons (Fsp3) is 0.522. The zero-order valence-corrected chi connectivity index (χ0v) is 21.2. The van der Waals surface area contributed by atoms with E-state index in [1.54, 1.807) is 4.88 Å². The summed E-state index contributed by atoms with van der Waals surface area (Å²) in [6.45, 7) is 8.73. The Morgan fingerprint density at radius 1 is 1.20 bits per heavy atom. The van der Waals surface area contributed by atoms with Crippen molar-refractivity contribution in [1.29, 1.82) is 0 Å². The minimum Gasteiger partial charge on any atom is -0.372 e. The highest BCUT2D eigenvalue weighted by Crippen LogP contribution is 2.24. The molecule has 2 N–H and O–H groups in total. The molecule has 0 amide bonds. The lowest BCUT2D eigenvalue weighted by Crippen LogP contribution is -2.43. The number of hydrogen-bond acceptors (Lipinski definition) is 4. The van der Waals surface area contributed by atoms with E-state index in [1.807, 2.05) is 18.4 Å². The summed E-state index contributed by atoms with van der Waals surface area (Å²) in [5, 5.41) is 9.27. The van der Waals surface area contributed by atoms with E-state index in [2.05, 4.69) is 68.1 Å². The van der Waals surface area contributed by atoms with Crippen molar-refractivity contribution in [2.45, 2.75) is 38.8 Å². The maximum atomic E-state index is 4.43. The molecule has 0 bridgehead atoms. The second kappa shape index (κ2) is 11.3. The summed E-state index contributed by atoms with van der Waals surface area (Å²) in [7, 11) is 1.85. The molecule has 7 heteroatoms. The molecule has 4 rings (SSSR count). The van der Waals surface area contributed by atoms with Crippen LogP contribution in [-0.2, 0) is 13.0 Å². The van der Waals surface area contributed by atoms with Crippen molar-refractivity contribution in [3.05, 3.63) is 51.7 Å². The first-order valence-electron chi connectivity index (χ1n) is 10.8. The molecule has 3 heterocycles. The van der Waals surface area contributed by atoms with E-state index in [1.165, 1.54) is 49.2 Å². The quantitative estimate of drug-likeness (QED) is 0.327. The molecule has 0 aliphatic carbocycles. The predicted octanol–water partition coefficient (Wildman–Crippen LogP) is 4.25. The number of thiophene rings is 1. The van der Waals surface area contributed by atoms with Gasteiger partial charge in [0.15, 0.2) is 5.96 Å². The standard InChI is InChI=1S/C23H33N5S.HI/c1-18(19-6-5-7-21(16-19)28-11-3-4-12-28)26-23(24-2)25-10-14-27-13-8-22-20(17-27)9-15-29-22;/h5-7,9,15-16,18H,3-4,8,10-14,17H2,1-2H3,(H2,24,25,26);1H. The summed E-state index contributed by atoms with van der Waals surface area (Å²) in [6.07, 6.45) is 3.79. The zero-order chi connectivity index (χ0) is 20.1. The van der Waals surface area contributed by atoms with E-state index in [0.717, 1.165) is 32.1 Å².